The highest BCUT2D eigenvalue weighted by Gasteiger charge is 2.50. The molecule has 2 aliphatic carbocycles. The number of aliphatic hydroxyl groups excluding tert-OH is 1. The number of hydrogen-bond acceptors (Lipinski definition) is 3. The largest absolute Gasteiger partial charge is 0.469 e. The van der Waals surface area contributed by atoms with Crippen molar-refractivity contribution in [3.8, 4) is 0 Å². The normalized spacial score (nSPS) is 22.6. The van der Waals surface area contributed by atoms with Gasteiger partial charge < -0.3 is 9.84 Å². The van der Waals surface area contributed by atoms with Crippen molar-refractivity contribution in [2.24, 2.45) is 10.8 Å². The van der Waals surface area contributed by atoms with Crippen LogP contribution in [0.25, 0.3) is 0 Å². The lowest BCUT2D eigenvalue weighted by atomic mass is 9.96. The van der Waals surface area contributed by atoms with Crippen LogP contribution in [0.15, 0.2) is 0 Å². The molecule has 1 atom stereocenters. The van der Waals surface area contributed by atoms with E-state index in [1.165, 1.54) is 32.8 Å². The SMILES string of the molecule is COC(=O)C1(CCCCC(O)CCCCC2(C)CC2)CC1. The minimum Gasteiger partial charge on any atom is -0.469 e. The van der Waals surface area contributed by atoms with Crippen LogP contribution in [0.1, 0.15) is 84.0 Å². The Morgan fingerprint density at radius 3 is 2.10 bits per heavy atom. The van der Waals surface area contributed by atoms with Crippen LogP contribution in [-0.2, 0) is 9.53 Å². The zero-order chi connectivity index (χ0) is 15.3. The molecule has 2 fully saturated rings. The van der Waals surface area contributed by atoms with E-state index >= 15 is 0 Å². The zero-order valence-corrected chi connectivity index (χ0v) is 13.8. The van der Waals surface area contributed by atoms with E-state index in [1.807, 2.05) is 0 Å². The summed E-state index contributed by atoms with van der Waals surface area (Å²) in [5, 5.41) is 10.0. The lowest BCUT2D eigenvalue weighted by molar-refractivity contribution is -0.147. The number of unbranched alkanes of at least 4 members (excludes halogenated alkanes) is 2. The van der Waals surface area contributed by atoms with Crippen molar-refractivity contribution in [2.45, 2.75) is 90.1 Å². The summed E-state index contributed by atoms with van der Waals surface area (Å²) in [6, 6.07) is 0. The van der Waals surface area contributed by atoms with Gasteiger partial charge in [-0.15, -0.1) is 0 Å². The van der Waals surface area contributed by atoms with E-state index in [9.17, 15) is 9.90 Å². The highest BCUT2D eigenvalue weighted by atomic mass is 16.5. The molecule has 0 aromatic carbocycles. The summed E-state index contributed by atoms with van der Waals surface area (Å²) >= 11 is 0. The molecular formula is C18H32O3. The van der Waals surface area contributed by atoms with Crippen LogP contribution in [0.4, 0.5) is 0 Å². The maximum atomic E-state index is 11.6. The first kappa shape index (κ1) is 16.8. The lowest BCUT2D eigenvalue weighted by Crippen LogP contribution is -2.17. The highest BCUT2D eigenvalue weighted by Crippen LogP contribution is 2.51. The topological polar surface area (TPSA) is 46.5 Å². The number of aliphatic hydroxyl groups is 1. The monoisotopic (exact) mass is 296 g/mol. The molecule has 0 bridgehead atoms. The summed E-state index contributed by atoms with van der Waals surface area (Å²) in [4.78, 5) is 11.6. The van der Waals surface area contributed by atoms with Gasteiger partial charge in [-0.1, -0.05) is 32.6 Å². The maximum Gasteiger partial charge on any atom is 0.311 e. The van der Waals surface area contributed by atoms with E-state index in [0.29, 0.717) is 5.41 Å². The maximum absolute atomic E-state index is 11.6. The van der Waals surface area contributed by atoms with E-state index < -0.39 is 0 Å². The number of esters is 1. The van der Waals surface area contributed by atoms with Gasteiger partial charge in [0.05, 0.1) is 18.6 Å². The number of carbonyl (C=O) groups is 1. The van der Waals surface area contributed by atoms with Crippen molar-refractivity contribution in [3.63, 3.8) is 0 Å². The van der Waals surface area contributed by atoms with Crippen molar-refractivity contribution in [3.05, 3.63) is 0 Å². The van der Waals surface area contributed by atoms with Gasteiger partial charge in [0.15, 0.2) is 0 Å². The smallest absolute Gasteiger partial charge is 0.311 e. The molecular weight excluding hydrogens is 264 g/mol. The van der Waals surface area contributed by atoms with Crippen molar-refractivity contribution in [2.75, 3.05) is 7.11 Å². The summed E-state index contributed by atoms with van der Waals surface area (Å²) in [5.41, 5.74) is 0.497. The Kier molecular flexibility index (Phi) is 5.70. The van der Waals surface area contributed by atoms with E-state index in [1.54, 1.807) is 0 Å². The van der Waals surface area contributed by atoms with E-state index in [-0.39, 0.29) is 17.5 Å². The molecule has 2 saturated carbocycles. The van der Waals surface area contributed by atoms with Gasteiger partial charge in [-0.2, -0.15) is 0 Å². The van der Waals surface area contributed by atoms with Crippen LogP contribution in [0, 0.1) is 10.8 Å². The third kappa shape index (κ3) is 5.28. The second-order valence-electron chi connectivity index (χ2n) is 7.73. The summed E-state index contributed by atoms with van der Waals surface area (Å²) in [6.45, 7) is 2.37. The molecule has 122 valence electrons. The van der Waals surface area contributed by atoms with Crippen molar-refractivity contribution < 1.29 is 14.6 Å². The van der Waals surface area contributed by atoms with Gasteiger partial charge in [0.25, 0.3) is 0 Å². The standard InChI is InChI=1S/C18H32O3/c1-17(11-12-17)9-5-3-7-15(19)8-4-6-10-18(13-14-18)16(20)21-2/h15,19H,3-14H2,1-2H3. The lowest BCUT2D eigenvalue weighted by Gasteiger charge is -2.14. The van der Waals surface area contributed by atoms with Crippen LogP contribution >= 0.6 is 0 Å². The van der Waals surface area contributed by atoms with Gasteiger partial charge >= 0.3 is 5.97 Å². The van der Waals surface area contributed by atoms with Gasteiger partial charge in [0.1, 0.15) is 0 Å². The highest BCUT2D eigenvalue weighted by molar-refractivity contribution is 5.79. The molecule has 3 nitrogen and oxygen atoms in total. The molecule has 1 N–H and O–H groups in total. The fourth-order valence-electron chi connectivity index (χ4n) is 3.31. The van der Waals surface area contributed by atoms with Crippen LogP contribution < -0.4 is 0 Å². The molecule has 3 heteroatoms. The van der Waals surface area contributed by atoms with Gasteiger partial charge in [0, 0.05) is 0 Å². The Morgan fingerprint density at radius 1 is 1.05 bits per heavy atom. The van der Waals surface area contributed by atoms with E-state index in [2.05, 4.69) is 6.92 Å². The molecule has 0 heterocycles. The number of hydrogen-bond donors (Lipinski definition) is 1. The molecule has 2 rings (SSSR count). The van der Waals surface area contributed by atoms with E-state index in [4.69, 9.17) is 4.74 Å². The average molecular weight is 296 g/mol. The van der Waals surface area contributed by atoms with Crippen LogP contribution in [-0.4, -0.2) is 24.3 Å². The van der Waals surface area contributed by atoms with Gasteiger partial charge in [-0.3, -0.25) is 4.79 Å². The second kappa shape index (κ2) is 7.13. The van der Waals surface area contributed by atoms with E-state index in [0.717, 1.165) is 51.4 Å². The number of methoxy groups -OCH3 is 1. The van der Waals surface area contributed by atoms with Crippen LogP contribution in [0.2, 0.25) is 0 Å². The molecule has 0 aromatic rings. The average Bonchev–Trinajstić information content (AvgIpc) is 3.38. The molecule has 21 heavy (non-hydrogen) atoms. The molecule has 2 aliphatic rings. The Bertz CT molecular complexity index is 342. The second-order valence-corrected chi connectivity index (χ2v) is 7.73. The predicted molar refractivity (Wildman–Crippen MR) is 84.0 cm³/mol. The summed E-state index contributed by atoms with van der Waals surface area (Å²) in [5.74, 6) is -0.0309. The minimum atomic E-state index is -0.153. The number of ether oxygens (including phenoxy) is 1. The Hall–Kier alpha value is -0.570. The fraction of sp³-hybridized carbons (Fsp3) is 0.944. The third-order valence-electron chi connectivity index (χ3n) is 5.59. The molecule has 0 amide bonds. The Balaban J connectivity index is 1.45. The number of carbonyl (C=O) groups excluding carboxylic acids is 1. The minimum absolute atomic E-state index is 0.0309. The van der Waals surface area contributed by atoms with Crippen molar-refractivity contribution in [1.82, 2.24) is 0 Å². The first-order chi connectivity index (χ1) is 10.00. The van der Waals surface area contributed by atoms with Gasteiger partial charge in [-0.05, 0) is 56.8 Å². The molecule has 0 aliphatic heterocycles. The first-order valence-corrected chi connectivity index (χ1v) is 8.76. The quantitative estimate of drug-likeness (QED) is 0.458. The predicted octanol–water partition coefficient (Wildman–Crippen LogP) is 4.22. The third-order valence-corrected chi connectivity index (χ3v) is 5.59. The summed E-state index contributed by atoms with van der Waals surface area (Å²) in [6.07, 6.45) is 13.2. The summed E-state index contributed by atoms with van der Waals surface area (Å²) < 4.78 is 4.87. The fourth-order valence-corrected chi connectivity index (χ4v) is 3.31. The Labute approximate surface area is 129 Å². The van der Waals surface area contributed by atoms with Crippen LogP contribution in [0.5, 0.6) is 0 Å². The summed E-state index contributed by atoms with van der Waals surface area (Å²) in [7, 11) is 1.48. The van der Waals surface area contributed by atoms with Crippen molar-refractivity contribution >= 4 is 5.97 Å². The molecule has 0 saturated heterocycles. The molecule has 0 radical (unpaired) electrons. The molecule has 1 unspecified atom stereocenters. The molecule has 0 aromatic heterocycles. The van der Waals surface area contributed by atoms with Gasteiger partial charge in [0.2, 0.25) is 0 Å². The Morgan fingerprint density at radius 2 is 1.62 bits per heavy atom. The first-order valence-electron chi connectivity index (χ1n) is 8.76. The van der Waals surface area contributed by atoms with Crippen LogP contribution in [0.3, 0.4) is 0 Å². The van der Waals surface area contributed by atoms with Gasteiger partial charge in [-0.25, -0.2) is 0 Å². The zero-order valence-electron chi connectivity index (χ0n) is 13.8. The molecule has 0 spiro atoms. The number of rotatable bonds is 11. The van der Waals surface area contributed by atoms with Crippen molar-refractivity contribution in [1.29, 1.82) is 0 Å².